The van der Waals surface area contributed by atoms with Crippen LogP contribution in [-0.4, -0.2) is 57.8 Å². The van der Waals surface area contributed by atoms with E-state index in [1.807, 2.05) is 65.2 Å². The zero-order valence-corrected chi connectivity index (χ0v) is 19.8. The molecule has 0 spiro atoms. The normalized spacial score (nSPS) is 14.4. The van der Waals surface area contributed by atoms with E-state index in [2.05, 4.69) is 20.5 Å². The number of aromatic nitrogens is 4. The minimum atomic E-state index is -0.250. The van der Waals surface area contributed by atoms with Gasteiger partial charge < -0.3 is 19.5 Å². The molecule has 0 aliphatic carbocycles. The molecule has 2 aromatic heterocycles. The number of nitrogens with one attached hydrogen (secondary N) is 1. The second kappa shape index (κ2) is 10.5. The number of hydrogen-bond acceptors (Lipinski definition) is 8. The number of methoxy groups -OCH3 is 1. The van der Waals surface area contributed by atoms with Crippen LogP contribution in [0.1, 0.15) is 0 Å². The van der Waals surface area contributed by atoms with Crippen molar-refractivity contribution in [3.8, 4) is 34.3 Å². The van der Waals surface area contributed by atoms with Crippen molar-refractivity contribution in [3.05, 3.63) is 73.1 Å². The maximum atomic E-state index is 12.6. The highest BCUT2D eigenvalue weighted by Gasteiger charge is 2.22. The minimum absolute atomic E-state index is 0.132. The summed E-state index contributed by atoms with van der Waals surface area (Å²) >= 11 is 1.31. The van der Waals surface area contributed by atoms with Gasteiger partial charge in [0.25, 0.3) is 0 Å². The average Bonchev–Trinajstić information content (AvgIpc) is 3.35. The first-order valence-electron chi connectivity index (χ1n) is 11.0. The number of amides is 1. The second-order valence-corrected chi connectivity index (χ2v) is 8.61. The highest BCUT2D eigenvalue weighted by Crippen LogP contribution is 2.31. The number of thioether (sulfide) groups is 1. The predicted octanol–water partition coefficient (Wildman–Crippen LogP) is 3.39. The lowest BCUT2D eigenvalue weighted by atomic mass is 10.2. The lowest BCUT2D eigenvalue weighted by Crippen LogP contribution is -2.41. The fourth-order valence-corrected chi connectivity index (χ4v) is 4.37. The standard InChI is InChI=1S/C25H23N5O4S/c1-32-19-8-6-18(7-9-19)30-24(17-10-12-26-13-11-17)28-29-25(30)35-16-23(31)27-14-20-15-33-21-4-2-3-5-22(21)34-20/h2-13,20H,14-16H2,1H3,(H,27,31)/t20-/m1/s1. The number of para-hydroxylation sites is 2. The van der Waals surface area contributed by atoms with Gasteiger partial charge in [-0.05, 0) is 48.5 Å². The van der Waals surface area contributed by atoms with Crippen molar-refractivity contribution in [2.45, 2.75) is 11.3 Å². The Labute approximate surface area is 206 Å². The zero-order valence-electron chi connectivity index (χ0n) is 19.0. The van der Waals surface area contributed by atoms with E-state index in [1.165, 1.54) is 11.8 Å². The van der Waals surface area contributed by atoms with Crippen LogP contribution >= 0.6 is 11.8 Å². The van der Waals surface area contributed by atoms with Crippen LogP contribution < -0.4 is 19.5 Å². The molecule has 5 rings (SSSR count). The molecule has 0 saturated carbocycles. The fraction of sp³-hybridized carbons (Fsp3) is 0.200. The summed E-state index contributed by atoms with van der Waals surface area (Å²) in [5.74, 6) is 2.85. The third kappa shape index (κ3) is 5.22. The quantitative estimate of drug-likeness (QED) is 0.376. The van der Waals surface area contributed by atoms with Crippen molar-refractivity contribution in [1.29, 1.82) is 0 Å². The van der Waals surface area contributed by atoms with E-state index in [0.29, 0.717) is 35.6 Å². The fourth-order valence-electron chi connectivity index (χ4n) is 3.59. The molecule has 3 heterocycles. The van der Waals surface area contributed by atoms with E-state index in [1.54, 1.807) is 19.5 Å². The molecule has 35 heavy (non-hydrogen) atoms. The number of nitrogens with zero attached hydrogens (tertiary/aromatic N) is 4. The number of pyridine rings is 1. The molecule has 1 aliphatic heterocycles. The molecule has 4 aromatic rings. The number of benzene rings is 2. The van der Waals surface area contributed by atoms with Crippen LogP contribution in [0.5, 0.6) is 17.2 Å². The Kier molecular flexibility index (Phi) is 6.80. The molecule has 9 nitrogen and oxygen atoms in total. The Bertz CT molecular complexity index is 1300. The molecule has 1 N–H and O–H groups in total. The van der Waals surface area contributed by atoms with Crippen LogP contribution in [0.15, 0.2) is 78.2 Å². The first-order chi connectivity index (χ1) is 17.2. The molecular weight excluding hydrogens is 466 g/mol. The summed E-state index contributed by atoms with van der Waals surface area (Å²) in [6, 6.07) is 18.8. The summed E-state index contributed by atoms with van der Waals surface area (Å²) in [4.78, 5) is 16.7. The Morgan fingerprint density at radius 3 is 2.63 bits per heavy atom. The summed E-state index contributed by atoms with van der Waals surface area (Å²) in [6.45, 7) is 0.729. The Morgan fingerprint density at radius 1 is 1.09 bits per heavy atom. The molecule has 1 amide bonds. The number of ether oxygens (including phenoxy) is 3. The Hall–Kier alpha value is -4.05. The molecule has 1 aliphatic rings. The minimum Gasteiger partial charge on any atom is -0.497 e. The van der Waals surface area contributed by atoms with Crippen LogP contribution in [0.25, 0.3) is 17.1 Å². The van der Waals surface area contributed by atoms with Crippen molar-refractivity contribution in [2.75, 3.05) is 26.0 Å². The SMILES string of the molecule is COc1ccc(-n2c(SCC(=O)NC[C@@H]3COc4ccccc4O3)nnc2-c2ccncc2)cc1. The molecule has 0 unspecified atom stereocenters. The van der Waals surface area contributed by atoms with E-state index < -0.39 is 0 Å². The molecule has 0 saturated heterocycles. The number of hydrogen-bond donors (Lipinski definition) is 1. The van der Waals surface area contributed by atoms with Gasteiger partial charge in [0.15, 0.2) is 22.5 Å². The van der Waals surface area contributed by atoms with Crippen molar-refractivity contribution in [2.24, 2.45) is 0 Å². The van der Waals surface area contributed by atoms with Crippen LogP contribution in [0.4, 0.5) is 0 Å². The summed E-state index contributed by atoms with van der Waals surface area (Å²) in [6.07, 6.45) is 3.16. The van der Waals surface area contributed by atoms with E-state index in [9.17, 15) is 4.79 Å². The summed E-state index contributed by atoms with van der Waals surface area (Å²) in [5.41, 5.74) is 1.73. The molecule has 0 fully saturated rings. The van der Waals surface area contributed by atoms with Crippen molar-refractivity contribution >= 4 is 17.7 Å². The van der Waals surface area contributed by atoms with Gasteiger partial charge in [0.05, 0.1) is 19.4 Å². The topological polar surface area (TPSA) is 100 Å². The van der Waals surface area contributed by atoms with Crippen molar-refractivity contribution in [1.82, 2.24) is 25.1 Å². The number of fused-ring (bicyclic) bond motifs is 1. The molecule has 2 aromatic carbocycles. The smallest absolute Gasteiger partial charge is 0.230 e. The van der Waals surface area contributed by atoms with E-state index in [-0.39, 0.29) is 17.8 Å². The van der Waals surface area contributed by atoms with Crippen molar-refractivity contribution < 1.29 is 19.0 Å². The summed E-state index contributed by atoms with van der Waals surface area (Å²) in [5, 5.41) is 12.3. The monoisotopic (exact) mass is 489 g/mol. The number of rotatable bonds is 8. The van der Waals surface area contributed by atoms with Crippen LogP contribution in [-0.2, 0) is 4.79 Å². The van der Waals surface area contributed by atoms with Gasteiger partial charge in [0.1, 0.15) is 18.5 Å². The maximum absolute atomic E-state index is 12.6. The summed E-state index contributed by atoms with van der Waals surface area (Å²) in [7, 11) is 1.62. The first kappa shape index (κ1) is 22.7. The second-order valence-electron chi connectivity index (χ2n) is 7.67. The van der Waals surface area contributed by atoms with Gasteiger partial charge in [0.2, 0.25) is 5.91 Å². The van der Waals surface area contributed by atoms with E-state index >= 15 is 0 Å². The lowest BCUT2D eigenvalue weighted by Gasteiger charge is -2.26. The predicted molar refractivity (Wildman–Crippen MR) is 131 cm³/mol. The lowest BCUT2D eigenvalue weighted by molar-refractivity contribution is -0.119. The van der Waals surface area contributed by atoms with E-state index in [0.717, 1.165) is 17.0 Å². The van der Waals surface area contributed by atoms with Gasteiger partial charge in [-0.25, -0.2) is 0 Å². The van der Waals surface area contributed by atoms with Gasteiger partial charge in [-0.15, -0.1) is 10.2 Å². The number of carbonyl (C=O) groups excluding carboxylic acids is 1. The van der Waals surface area contributed by atoms with Gasteiger partial charge in [0, 0.05) is 23.6 Å². The van der Waals surface area contributed by atoms with Crippen LogP contribution in [0.3, 0.4) is 0 Å². The Balaban J connectivity index is 1.26. The molecule has 178 valence electrons. The van der Waals surface area contributed by atoms with Gasteiger partial charge in [-0.1, -0.05) is 23.9 Å². The van der Waals surface area contributed by atoms with Crippen molar-refractivity contribution in [3.63, 3.8) is 0 Å². The molecular formula is C25H23N5O4S. The number of carbonyl (C=O) groups is 1. The molecule has 10 heteroatoms. The molecule has 1 atom stereocenters. The zero-order chi connectivity index (χ0) is 24.0. The van der Waals surface area contributed by atoms with Gasteiger partial charge >= 0.3 is 0 Å². The van der Waals surface area contributed by atoms with Gasteiger partial charge in [-0.2, -0.15) is 0 Å². The molecule has 0 bridgehead atoms. The highest BCUT2D eigenvalue weighted by atomic mass is 32.2. The highest BCUT2D eigenvalue weighted by molar-refractivity contribution is 7.99. The molecule has 0 radical (unpaired) electrons. The third-order valence-electron chi connectivity index (χ3n) is 5.33. The maximum Gasteiger partial charge on any atom is 0.230 e. The first-order valence-corrected chi connectivity index (χ1v) is 12.0. The largest absolute Gasteiger partial charge is 0.497 e. The average molecular weight is 490 g/mol. The third-order valence-corrected chi connectivity index (χ3v) is 6.26. The van der Waals surface area contributed by atoms with E-state index in [4.69, 9.17) is 14.2 Å². The van der Waals surface area contributed by atoms with Crippen LogP contribution in [0, 0.1) is 0 Å². The van der Waals surface area contributed by atoms with Gasteiger partial charge in [-0.3, -0.25) is 14.3 Å². The Morgan fingerprint density at radius 2 is 1.86 bits per heavy atom. The summed E-state index contributed by atoms with van der Waals surface area (Å²) < 4.78 is 18.8. The van der Waals surface area contributed by atoms with Crippen LogP contribution in [0.2, 0.25) is 0 Å².